The van der Waals surface area contributed by atoms with Crippen LogP contribution in [0, 0.1) is 0 Å². The summed E-state index contributed by atoms with van der Waals surface area (Å²) in [6.45, 7) is 0. The van der Waals surface area contributed by atoms with Gasteiger partial charge < -0.3 is 9.73 Å². The fraction of sp³-hybridized carbons (Fsp3) is 0.0769. The number of furan rings is 1. The summed E-state index contributed by atoms with van der Waals surface area (Å²) in [5, 5.41) is 4.72. The standard InChI is InChI=1S/C26H20N4O2S/c31-25(30-23(18-7-2-1-3-8-18)19-11-15-27-16-12-19)24-21(17-33-26-28-13-6-14-29-26)20-9-4-5-10-22(20)32-24/h1-16,23H,17H2,(H,30,31). The summed E-state index contributed by atoms with van der Waals surface area (Å²) in [4.78, 5) is 26.2. The highest BCUT2D eigenvalue weighted by molar-refractivity contribution is 7.98. The number of nitrogens with zero attached hydrogens (tertiary/aromatic N) is 3. The fourth-order valence-electron chi connectivity index (χ4n) is 3.68. The van der Waals surface area contributed by atoms with Crippen LogP contribution in [0.2, 0.25) is 0 Å². The summed E-state index contributed by atoms with van der Waals surface area (Å²) in [6, 6.07) is 22.8. The number of hydrogen-bond donors (Lipinski definition) is 1. The molecule has 33 heavy (non-hydrogen) atoms. The van der Waals surface area contributed by atoms with E-state index in [9.17, 15) is 4.79 Å². The Morgan fingerprint density at radius 3 is 2.33 bits per heavy atom. The number of carbonyl (C=O) groups excluding carboxylic acids is 1. The molecule has 0 aliphatic heterocycles. The van der Waals surface area contributed by atoms with E-state index in [1.165, 1.54) is 11.8 Å². The molecule has 1 amide bonds. The number of amides is 1. The number of para-hydroxylation sites is 1. The van der Waals surface area contributed by atoms with Crippen molar-refractivity contribution in [2.24, 2.45) is 0 Å². The third-order valence-electron chi connectivity index (χ3n) is 5.24. The first-order valence-electron chi connectivity index (χ1n) is 10.5. The Balaban J connectivity index is 1.49. The predicted molar refractivity (Wildman–Crippen MR) is 128 cm³/mol. The first kappa shape index (κ1) is 20.9. The first-order valence-corrected chi connectivity index (χ1v) is 11.4. The minimum absolute atomic E-state index is 0.276. The monoisotopic (exact) mass is 452 g/mol. The van der Waals surface area contributed by atoms with Gasteiger partial charge in [-0.15, -0.1) is 0 Å². The number of benzene rings is 2. The van der Waals surface area contributed by atoms with E-state index < -0.39 is 0 Å². The molecule has 6 nitrogen and oxygen atoms in total. The molecule has 0 fully saturated rings. The normalized spacial score (nSPS) is 11.9. The molecule has 3 heterocycles. The van der Waals surface area contributed by atoms with Crippen molar-refractivity contribution < 1.29 is 9.21 Å². The van der Waals surface area contributed by atoms with Crippen molar-refractivity contribution in [1.29, 1.82) is 0 Å². The Hall–Kier alpha value is -3.97. The van der Waals surface area contributed by atoms with Gasteiger partial charge in [-0.1, -0.05) is 60.3 Å². The maximum absolute atomic E-state index is 13.5. The van der Waals surface area contributed by atoms with Crippen molar-refractivity contribution in [2.75, 3.05) is 0 Å². The minimum atomic E-state index is -0.340. The van der Waals surface area contributed by atoms with Crippen LogP contribution in [0.4, 0.5) is 0 Å². The molecule has 1 unspecified atom stereocenters. The van der Waals surface area contributed by atoms with E-state index in [-0.39, 0.29) is 11.9 Å². The quantitative estimate of drug-likeness (QED) is 0.262. The summed E-state index contributed by atoms with van der Waals surface area (Å²) in [7, 11) is 0. The molecule has 0 spiro atoms. The molecule has 0 aliphatic rings. The molecule has 5 rings (SSSR count). The Morgan fingerprint density at radius 1 is 0.848 bits per heavy atom. The van der Waals surface area contributed by atoms with Gasteiger partial charge in [0, 0.05) is 41.5 Å². The van der Waals surface area contributed by atoms with Crippen molar-refractivity contribution in [3.05, 3.63) is 120 Å². The summed E-state index contributed by atoms with van der Waals surface area (Å²) < 4.78 is 6.04. The second-order valence-corrected chi connectivity index (χ2v) is 8.27. The summed E-state index contributed by atoms with van der Waals surface area (Å²) in [6.07, 6.45) is 6.85. The van der Waals surface area contributed by atoms with Crippen LogP contribution in [0.3, 0.4) is 0 Å². The van der Waals surface area contributed by atoms with E-state index in [4.69, 9.17) is 4.42 Å². The van der Waals surface area contributed by atoms with Crippen LogP contribution >= 0.6 is 11.8 Å². The minimum Gasteiger partial charge on any atom is -0.451 e. The molecule has 3 aromatic heterocycles. The molecule has 1 atom stereocenters. The molecule has 0 radical (unpaired) electrons. The molecule has 0 saturated heterocycles. The zero-order valence-electron chi connectivity index (χ0n) is 17.6. The molecule has 0 aliphatic carbocycles. The van der Waals surface area contributed by atoms with Crippen LogP contribution in [0.5, 0.6) is 0 Å². The lowest BCUT2D eigenvalue weighted by atomic mass is 9.99. The summed E-state index contributed by atoms with van der Waals surface area (Å²) in [5.74, 6) is 0.533. The molecular weight excluding hydrogens is 432 g/mol. The lowest BCUT2D eigenvalue weighted by Gasteiger charge is -2.19. The zero-order chi connectivity index (χ0) is 22.5. The molecule has 0 bridgehead atoms. The molecule has 0 saturated carbocycles. The lowest BCUT2D eigenvalue weighted by Crippen LogP contribution is -2.29. The average molecular weight is 453 g/mol. The van der Waals surface area contributed by atoms with Crippen molar-refractivity contribution in [1.82, 2.24) is 20.3 Å². The van der Waals surface area contributed by atoms with E-state index in [0.29, 0.717) is 22.3 Å². The lowest BCUT2D eigenvalue weighted by molar-refractivity contribution is 0.0916. The Morgan fingerprint density at radius 2 is 1.55 bits per heavy atom. The van der Waals surface area contributed by atoms with E-state index in [1.807, 2.05) is 66.7 Å². The second kappa shape index (κ2) is 9.67. The van der Waals surface area contributed by atoms with Gasteiger partial charge in [0.15, 0.2) is 10.9 Å². The fourth-order valence-corrected chi connectivity index (χ4v) is 4.51. The first-order chi connectivity index (χ1) is 16.3. The Kier molecular flexibility index (Phi) is 6.12. The van der Waals surface area contributed by atoms with Crippen LogP contribution in [0.1, 0.15) is 33.3 Å². The van der Waals surface area contributed by atoms with E-state index in [1.54, 1.807) is 30.9 Å². The van der Waals surface area contributed by atoms with Gasteiger partial charge in [-0.25, -0.2) is 9.97 Å². The third-order valence-corrected chi connectivity index (χ3v) is 6.14. The number of fused-ring (bicyclic) bond motifs is 1. The van der Waals surface area contributed by atoms with Gasteiger partial charge in [-0.2, -0.15) is 0 Å². The predicted octanol–water partition coefficient (Wildman–Crippen LogP) is 5.43. The Bertz CT molecular complexity index is 1320. The van der Waals surface area contributed by atoms with Crippen LogP contribution < -0.4 is 5.32 Å². The Labute approximate surface area is 195 Å². The number of carbonyl (C=O) groups is 1. The highest BCUT2D eigenvalue weighted by Gasteiger charge is 2.24. The number of pyridine rings is 1. The number of aromatic nitrogens is 3. The molecule has 1 N–H and O–H groups in total. The van der Waals surface area contributed by atoms with Crippen LogP contribution in [0.15, 0.2) is 107 Å². The zero-order valence-corrected chi connectivity index (χ0v) is 18.4. The van der Waals surface area contributed by atoms with Crippen LogP contribution in [0.25, 0.3) is 11.0 Å². The SMILES string of the molecule is O=C(NC(c1ccccc1)c1ccncc1)c1oc2ccccc2c1CSc1ncccn1. The highest BCUT2D eigenvalue weighted by atomic mass is 32.2. The maximum atomic E-state index is 13.5. The van der Waals surface area contributed by atoms with E-state index >= 15 is 0 Å². The van der Waals surface area contributed by atoms with Crippen molar-refractivity contribution in [3.63, 3.8) is 0 Å². The van der Waals surface area contributed by atoms with Gasteiger partial charge in [0.05, 0.1) is 6.04 Å². The van der Waals surface area contributed by atoms with Crippen LogP contribution in [-0.2, 0) is 5.75 Å². The van der Waals surface area contributed by atoms with Gasteiger partial charge in [0.25, 0.3) is 5.91 Å². The molecule has 7 heteroatoms. The molecule has 5 aromatic rings. The van der Waals surface area contributed by atoms with Crippen molar-refractivity contribution in [3.8, 4) is 0 Å². The maximum Gasteiger partial charge on any atom is 0.288 e. The van der Waals surface area contributed by atoms with Crippen molar-refractivity contribution >= 4 is 28.6 Å². The van der Waals surface area contributed by atoms with E-state index in [2.05, 4.69) is 20.3 Å². The largest absolute Gasteiger partial charge is 0.451 e. The third kappa shape index (κ3) is 4.63. The molecule has 162 valence electrons. The highest BCUT2D eigenvalue weighted by Crippen LogP contribution is 2.32. The van der Waals surface area contributed by atoms with Gasteiger partial charge in [-0.05, 0) is 35.4 Å². The van der Waals surface area contributed by atoms with E-state index in [0.717, 1.165) is 22.1 Å². The average Bonchev–Trinajstić information content (AvgIpc) is 3.26. The summed E-state index contributed by atoms with van der Waals surface area (Å²) >= 11 is 1.47. The van der Waals surface area contributed by atoms with Crippen molar-refractivity contribution in [2.45, 2.75) is 17.0 Å². The van der Waals surface area contributed by atoms with Gasteiger partial charge in [-0.3, -0.25) is 9.78 Å². The number of rotatable bonds is 7. The van der Waals surface area contributed by atoms with Crippen LogP contribution in [-0.4, -0.2) is 20.9 Å². The number of nitrogens with one attached hydrogen (secondary N) is 1. The second-order valence-electron chi connectivity index (χ2n) is 7.32. The smallest absolute Gasteiger partial charge is 0.288 e. The number of thioether (sulfide) groups is 1. The van der Waals surface area contributed by atoms with Gasteiger partial charge >= 0.3 is 0 Å². The summed E-state index contributed by atoms with van der Waals surface area (Å²) in [5.41, 5.74) is 3.41. The van der Waals surface area contributed by atoms with Gasteiger partial charge in [0.1, 0.15) is 5.58 Å². The molecule has 2 aromatic carbocycles. The van der Waals surface area contributed by atoms with Gasteiger partial charge in [0.2, 0.25) is 0 Å². The number of hydrogen-bond acceptors (Lipinski definition) is 6. The molecular formula is C26H20N4O2S. The topological polar surface area (TPSA) is 80.9 Å².